The van der Waals surface area contributed by atoms with Crippen LogP contribution < -0.4 is 5.73 Å². The zero-order valence-corrected chi connectivity index (χ0v) is 11.9. The summed E-state index contributed by atoms with van der Waals surface area (Å²) in [6.07, 6.45) is 2.55. The molecular weight excluding hydrogens is 252 g/mol. The number of hydrogen-bond donors (Lipinski definition) is 1. The molecule has 0 spiro atoms. The minimum Gasteiger partial charge on any atom is -0.399 e. The van der Waals surface area contributed by atoms with Gasteiger partial charge in [-0.25, -0.2) is 0 Å². The average molecular weight is 272 g/mol. The highest BCUT2D eigenvalue weighted by Gasteiger charge is 2.18. The van der Waals surface area contributed by atoms with Gasteiger partial charge in [0.1, 0.15) is 5.69 Å². The summed E-state index contributed by atoms with van der Waals surface area (Å²) in [5.41, 5.74) is 8.09. The van der Waals surface area contributed by atoms with Crippen molar-refractivity contribution in [3.63, 3.8) is 0 Å². The van der Waals surface area contributed by atoms with E-state index < -0.39 is 0 Å². The smallest absolute Gasteiger partial charge is 0.272 e. The Morgan fingerprint density at radius 2 is 2.00 bits per heavy atom. The Bertz CT molecular complexity index is 574. The number of benzene rings is 1. The molecule has 0 bridgehead atoms. The molecule has 1 aromatic carbocycles. The Balaban J connectivity index is 2.16. The van der Waals surface area contributed by atoms with Gasteiger partial charge in [0.15, 0.2) is 0 Å². The van der Waals surface area contributed by atoms with Crippen LogP contribution in [-0.4, -0.2) is 27.1 Å². The molecule has 2 rings (SSSR count). The van der Waals surface area contributed by atoms with Crippen molar-refractivity contribution in [1.29, 1.82) is 0 Å². The first-order valence-corrected chi connectivity index (χ1v) is 6.73. The van der Waals surface area contributed by atoms with Gasteiger partial charge in [-0.1, -0.05) is 19.1 Å². The highest BCUT2D eigenvalue weighted by Crippen LogP contribution is 2.12. The summed E-state index contributed by atoms with van der Waals surface area (Å²) in [6.45, 7) is 3.36. The van der Waals surface area contributed by atoms with E-state index in [0.717, 1.165) is 17.7 Å². The van der Waals surface area contributed by atoms with Gasteiger partial charge in [-0.3, -0.25) is 9.48 Å². The summed E-state index contributed by atoms with van der Waals surface area (Å²) < 4.78 is 1.61. The number of carbonyl (C=O) groups is 1. The lowest BCUT2D eigenvalue weighted by molar-refractivity contribution is 0.0732. The van der Waals surface area contributed by atoms with E-state index in [9.17, 15) is 4.79 Å². The van der Waals surface area contributed by atoms with Gasteiger partial charge in [0, 0.05) is 32.0 Å². The zero-order valence-electron chi connectivity index (χ0n) is 11.9. The van der Waals surface area contributed by atoms with Gasteiger partial charge in [-0.15, -0.1) is 0 Å². The highest BCUT2D eigenvalue weighted by atomic mass is 16.2. The molecule has 1 aromatic heterocycles. The molecule has 0 saturated heterocycles. The minimum absolute atomic E-state index is 0.00340. The summed E-state index contributed by atoms with van der Waals surface area (Å²) in [4.78, 5) is 14.4. The van der Waals surface area contributed by atoms with Crippen molar-refractivity contribution >= 4 is 11.6 Å². The van der Waals surface area contributed by atoms with E-state index in [1.54, 1.807) is 24.0 Å². The molecule has 0 unspecified atom stereocenters. The van der Waals surface area contributed by atoms with Crippen LogP contribution in [0.3, 0.4) is 0 Å². The molecule has 0 aliphatic heterocycles. The molecule has 0 radical (unpaired) electrons. The van der Waals surface area contributed by atoms with Crippen molar-refractivity contribution < 1.29 is 4.79 Å². The van der Waals surface area contributed by atoms with Crippen molar-refractivity contribution in [3.05, 3.63) is 47.8 Å². The number of rotatable bonds is 5. The van der Waals surface area contributed by atoms with Crippen molar-refractivity contribution in [2.24, 2.45) is 7.05 Å². The predicted octanol–water partition coefficient (Wildman–Crippen LogP) is 2.05. The van der Waals surface area contributed by atoms with Gasteiger partial charge in [-0.05, 0) is 30.2 Å². The first-order chi connectivity index (χ1) is 9.61. The summed E-state index contributed by atoms with van der Waals surface area (Å²) in [5.74, 6) is 0.00340. The molecule has 5 heteroatoms. The maximum Gasteiger partial charge on any atom is 0.272 e. The lowest BCUT2D eigenvalue weighted by Crippen LogP contribution is -2.32. The number of nitrogens with zero attached hydrogens (tertiary/aromatic N) is 3. The second kappa shape index (κ2) is 6.23. The number of aromatic nitrogens is 2. The van der Waals surface area contributed by atoms with Crippen LogP contribution in [0.2, 0.25) is 0 Å². The molecule has 0 aliphatic carbocycles. The standard InChI is InChI=1S/C15H20N4O/c1-3-10-19(11-12-4-6-13(16)7-5-12)15(20)14-8-9-17-18(14)2/h4-9H,3,10-11,16H2,1-2H3. The van der Waals surface area contributed by atoms with Crippen LogP contribution in [0.1, 0.15) is 29.4 Å². The van der Waals surface area contributed by atoms with E-state index >= 15 is 0 Å². The Labute approximate surface area is 119 Å². The highest BCUT2D eigenvalue weighted by molar-refractivity contribution is 5.92. The molecule has 0 aliphatic rings. The molecule has 0 saturated carbocycles. The second-order valence-corrected chi connectivity index (χ2v) is 4.81. The Hall–Kier alpha value is -2.30. The number of amides is 1. The van der Waals surface area contributed by atoms with Gasteiger partial charge >= 0.3 is 0 Å². The normalized spacial score (nSPS) is 10.5. The number of nitrogen functional groups attached to an aromatic ring is 1. The van der Waals surface area contributed by atoms with Gasteiger partial charge < -0.3 is 10.6 Å². The fraction of sp³-hybridized carbons (Fsp3) is 0.333. The van der Waals surface area contributed by atoms with E-state index in [4.69, 9.17) is 5.73 Å². The lowest BCUT2D eigenvalue weighted by atomic mass is 10.2. The minimum atomic E-state index is 0.00340. The van der Waals surface area contributed by atoms with Crippen molar-refractivity contribution in [3.8, 4) is 0 Å². The van der Waals surface area contributed by atoms with E-state index in [-0.39, 0.29) is 5.91 Å². The Kier molecular flexibility index (Phi) is 4.40. The quantitative estimate of drug-likeness (QED) is 0.847. The number of aryl methyl sites for hydroxylation is 1. The lowest BCUT2D eigenvalue weighted by Gasteiger charge is -2.22. The molecule has 1 heterocycles. The van der Waals surface area contributed by atoms with E-state index in [1.165, 1.54) is 0 Å². The topological polar surface area (TPSA) is 64.2 Å². The van der Waals surface area contributed by atoms with Gasteiger partial charge in [0.2, 0.25) is 0 Å². The fourth-order valence-electron chi connectivity index (χ4n) is 2.11. The van der Waals surface area contributed by atoms with Crippen LogP contribution >= 0.6 is 0 Å². The van der Waals surface area contributed by atoms with Crippen molar-refractivity contribution in [1.82, 2.24) is 14.7 Å². The van der Waals surface area contributed by atoms with E-state index in [0.29, 0.717) is 18.8 Å². The molecule has 5 nitrogen and oxygen atoms in total. The largest absolute Gasteiger partial charge is 0.399 e. The Morgan fingerprint density at radius 3 is 2.55 bits per heavy atom. The fourth-order valence-corrected chi connectivity index (χ4v) is 2.11. The maximum atomic E-state index is 12.5. The van der Waals surface area contributed by atoms with Crippen LogP contribution in [0.25, 0.3) is 0 Å². The predicted molar refractivity (Wildman–Crippen MR) is 79.1 cm³/mol. The maximum absolute atomic E-state index is 12.5. The van der Waals surface area contributed by atoms with Crippen LogP contribution in [0, 0.1) is 0 Å². The van der Waals surface area contributed by atoms with Crippen LogP contribution in [0.5, 0.6) is 0 Å². The van der Waals surface area contributed by atoms with Crippen molar-refractivity contribution in [2.45, 2.75) is 19.9 Å². The van der Waals surface area contributed by atoms with Gasteiger partial charge in [0.25, 0.3) is 5.91 Å². The van der Waals surface area contributed by atoms with Crippen molar-refractivity contribution in [2.75, 3.05) is 12.3 Å². The molecule has 0 fully saturated rings. The first-order valence-electron chi connectivity index (χ1n) is 6.73. The molecule has 20 heavy (non-hydrogen) atoms. The van der Waals surface area contributed by atoms with Crippen LogP contribution in [-0.2, 0) is 13.6 Å². The van der Waals surface area contributed by atoms with Gasteiger partial charge in [-0.2, -0.15) is 5.10 Å². The number of hydrogen-bond acceptors (Lipinski definition) is 3. The summed E-state index contributed by atoms with van der Waals surface area (Å²) in [6, 6.07) is 9.36. The number of anilines is 1. The summed E-state index contributed by atoms with van der Waals surface area (Å²) in [5, 5.41) is 4.05. The third-order valence-corrected chi connectivity index (χ3v) is 3.17. The SMILES string of the molecule is CCCN(Cc1ccc(N)cc1)C(=O)c1ccnn1C. The monoisotopic (exact) mass is 272 g/mol. The number of nitrogens with two attached hydrogens (primary N) is 1. The zero-order chi connectivity index (χ0) is 14.5. The molecule has 106 valence electrons. The number of carbonyl (C=O) groups excluding carboxylic acids is 1. The van der Waals surface area contributed by atoms with Crippen LogP contribution in [0.4, 0.5) is 5.69 Å². The molecule has 1 amide bonds. The van der Waals surface area contributed by atoms with E-state index in [2.05, 4.69) is 12.0 Å². The summed E-state index contributed by atoms with van der Waals surface area (Å²) in [7, 11) is 1.78. The third-order valence-electron chi connectivity index (χ3n) is 3.17. The third kappa shape index (κ3) is 3.17. The molecule has 2 aromatic rings. The molecular formula is C15H20N4O. The first kappa shape index (κ1) is 14.1. The van der Waals surface area contributed by atoms with Gasteiger partial charge in [0.05, 0.1) is 0 Å². The Morgan fingerprint density at radius 1 is 1.30 bits per heavy atom. The average Bonchev–Trinajstić information content (AvgIpc) is 2.86. The second-order valence-electron chi connectivity index (χ2n) is 4.81. The van der Waals surface area contributed by atoms with Crippen LogP contribution in [0.15, 0.2) is 36.5 Å². The molecule has 2 N–H and O–H groups in total. The molecule has 0 atom stereocenters. The van der Waals surface area contributed by atoms with E-state index in [1.807, 2.05) is 29.2 Å². The summed E-state index contributed by atoms with van der Waals surface area (Å²) >= 11 is 0.